The Balaban J connectivity index is 1.49. The number of nitrogens with one attached hydrogen (secondary N) is 1. The van der Waals surface area contributed by atoms with E-state index in [-0.39, 0.29) is 11.8 Å². The Hall–Kier alpha value is -1.06. The van der Waals surface area contributed by atoms with E-state index in [0.29, 0.717) is 19.4 Å². The van der Waals surface area contributed by atoms with Crippen LogP contribution in [0.3, 0.4) is 0 Å². The van der Waals surface area contributed by atoms with Crippen LogP contribution in [0.5, 0.6) is 0 Å². The molecule has 0 radical (unpaired) electrons. The highest BCUT2D eigenvalue weighted by molar-refractivity contribution is 5.82. The van der Waals surface area contributed by atoms with Crippen molar-refractivity contribution in [3.05, 3.63) is 0 Å². The van der Waals surface area contributed by atoms with E-state index < -0.39 is 11.4 Å². The molecule has 0 aromatic heterocycles. The van der Waals surface area contributed by atoms with Crippen molar-refractivity contribution in [3.63, 3.8) is 0 Å². The van der Waals surface area contributed by atoms with Crippen LogP contribution in [-0.2, 0) is 9.59 Å². The first-order valence-corrected chi connectivity index (χ1v) is 8.12. The highest BCUT2D eigenvalue weighted by atomic mass is 16.4. The van der Waals surface area contributed by atoms with Crippen molar-refractivity contribution in [1.29, 1.82) is 0 Å². The van der Waals surface area contributed by atoms with Gasteiger partial charge in [0.2, 0.25) is 5.91 Å². The first-order chi connectivity index (χ1) is 9.61. The molecule has 0 aromatic rings. The van der Waals surface area contributed by atoms with E-state index in [4.69, 9.17) is 5.11 Å². The molecule has 3 aliphatic rings. The summed E-state index contributed by atoms with van der Waals surface area (Å²) in [6, 6.07) is 0. The van der Waals surface area contributed by atoms with Gasteiger partial charge in [-0.3, -0.25) is 9.59 Å². The van der Waals surface area contributed by atoms with E-state index >= 15 is 0 Å². The van der Waals surface area contributed by atoms with Gasteiger partial charge in [0.1, 0.15) is 0 Å². The molecule has 2 N–H and O–H groups in total. The lowest BCUT2D eigenvalue weighted by molar-refractivity contribution is -0.143. The van der Waals surface area contributed by atoms with Crippen LogP contribution < -0.4 is 5.32 Å². The average Bonchev–Trinajstić information content (AvgIpc) is 3.25. The molecular weight excluding hydrogens is 254 g/mol. The Bertz CT molecular complexity index is 403. The Morgan fingerprint density at radius 2 is 1.75 bits per heavy atom. The van der Waals surface area contributed by atoms with Gasteiger partial charge in [0.15, 0.2) is 0 Å². The van der Waals surface area contributed by atoms with Crippen LogP contribution in [0.2, 0.25) is 0 Å². The van der Waals surface area contributed by atoms with Gasteiger partial charge in [0, 0.05) is 12.5 Å². The molecule has 0 spiro atoms. The molecule has 0 aromatic carbocycles. The summed E-state index contributed by atoms with van der Waals surface area (Å²) in [5.41, 5.74) is -0.641. The van der Waals surface area contributed by atoms with Crippen LogP contribution in [0.15, 0.2) is 0 Å². The molecule has 3 aliphatic carbocycles. The number of amides is 1. The van der Waals surface area contributed by atoms with Gasteiger partial charge in [-0.2, -0.15) is 0 Å². The highest BCUT2D eigenvalue weighted by Gasteiger charge is 2.50. The van der Waals surface area contributed by atoms with Gasteiger partial charge >= 0.3 is 5.97 Å². The van der Waals surface area contributed by atoms with E-state index in [1.165, 1.54) is 32.1 Å². The van der Waals surface area contributed by atoms with Gasteiger partial charge in [0.05, 0.1) is 5.41 Å². The lowest BCUT2D eigenvalue weighted by Crippen LogP contribution is -2.40. The fraction of sp³-hybridized carbons (Fsp3) is 0.875. The largest absolute Gasteiger partial charge is 0.481 e. The van der Waals surface area contributed by atoms with Gasteiger partial charge < -0.3 is 10.4 Å². The van der Waals surface area contributed by atoms with E-state index in [0.717, 1.165) is 24.7 Å². The Labute approximate surface area is 120 Å². The standard InChI is InChI=1S/C16H25NO3/c18-14(17-10-16(7-8-16)15(19)20)13-6-5-11-3-1-2-4-12(11)9-13/h11-13H,1-10H2,(H,17,18)(H,19,20). The van der Waals surface area contributed by atoms with Crippen LogP contribution in [-0.4, -0.2) is 23.5 Å². The summed E-state index contributed by atoms with van der Waals surface area (Å²) >= 11 is 0. The van der Waals surface area contributed by atoms with E-state index in [1.807, 2.05) is 0 Å². The summed E-state index contributed by atoms with van der Waals surface area (Å²) in [7, 11) is 0. The van der Waals surface area contributed by atoms with Gasteiger partial charge in [0.25, 0.3) is 0 Å². The number of aliphatic carboxylic acids is 1. The maximum absolute atomic E-state index is 12.3. The van der Waals surface area contributed by atoms with Crippen LogP contribution >= 0.6 is 0 Å². The molecule has 0 saturated heterocycles. The molecule has 1 amide bonds. The summed E-state index contributed by atoms with van der Waals surface area (Å²) in [6.07, 6.45) is 9.93. The molecule has 3 unspecified atom stereocenters. The second kappa shape index (κ2) is 5.38. The number of carboxylic acids is 1. The SMILES string of the molecule is O=C(NCC1(C(=O)O)CC1)C1CCC2CCCCC2C1. The number of hydrogen-bond donors (Lipinski definition) is 2. The molecule has 20 heavy (non-hydrogen) atoms. The predicted octanol–water partition coefficient (Wildman–Crippen LogP) is 2.57. The quantitative estimate of drug-likeness (QED) is 0.831. The zero-order valence-corrected chi connectivity index (χ0v) is 12.1. The number of carboxylic acid groups (broad SMARTS) is 1. The molecule has 4 nitrogen and oxygen atoms in total. The van der Waals surface area contributed by atoms with Crippen LogP contribution in [0.25, 0.3) is 0 Å². The second-order valence-electron chi connectivity index (χ2n) is 7.12. The normalized spacial score (nSPS) is 34.9. The van der Waals surface area contributed by atoms with Gasteiger partial charge in [-0.05, 0) is 43.9 Å². The summed E-state index contributed by atoms with van der Waals surface area (Å²) < 4.78 is 0. The van der Waals surface area contributed by atoms with E-state index in [2.05, 4.69) is 5.32 Å². The molecule has 112 valence electrons. The molecule has 3 rings (SSSR count). The number of carbonyl (C=O) groups is 2. The number of hydrogen-bond acceptors (Lipinski definition) is 2. The minimum Gasteiger partial charge on any atom is -0.481 e. The number of carbonyl (C=O) groups excluding carboxylic acids is 1. The van der Waals surface area contributed by atoms with Crippen molar-refractivity contribution in [1.82, 2.24) is 5.32 Å². The summed E-state index contributed by atoms with van der Waals surface area (Å²) in [5.74, 6) is 1.05. The molecule has 3 fully saturated rings. The monoisotopic (exact) mass is 279 g/mol. The topological polar surface area (TPSA) is 66.4 Å². The molecule has 0 bridgehead atoms. The summed E-state index contributed by atoms with van der Waals surface area (Å²) in [4.78, 5) is 23.4. The van der Waals surface area contributed by atoms with E-state index in [1.54, 1.807) is 0 Å². The smallest absolute Gasteiger partial charge is 0.311 e. The third-order valence-corrected chi connectivity index (χ3v) is 5.82. The maximum Gasteiger partial charge on any atom is 0.311 e. The van der Waals surface area contributed by atoms with Gasteiger partial charge in [-0.25, -0.2) is 0 Å². The average molecular weight is 279 g/mol. The Morgan fingerprint density at radius 1 is 1.05 bits per heavy atom. The molecule has 0 aliphatic heterocycles. The fourth-order valence-corrected chi connectivity index (χ4v) is 4.13. The van der Waals surface area contributed by atoms with Crippen molar-refractivity contribution >= 4 is 11.9 Å². The summed E-state index contributed by atoms with van der Waals surface area (Å²) in [5, 5.41) is 12.0. The van der Waals surface area contributed by atoms with Crippen molar-refractivity contribution in [3.8, 4) is 0 Å². The second-order valence-corrected chi connectivity index (χ2v) is 7.12. The minimum atomic E-state index is -0.756. The Morgan fingerprint density at radius 3 is 2.40 bits per heavy atom. The third-order valence-electron chi connectivity index (χ3n) is 5.82. The van der Waals surface area contributed by atoms with Crippen LogP contribution in [0.4, 0.5) is 0 Å². The van der Waals surface area contributed by atoms with Crippen molar-refractivity contribution < 1.29 is 14.7 Å². The number of fused-ring (bicyclic) bond motifs is 1. The highest BCUT2D eigenvalue weighted by Crippen LogP contribution is 2.46. The lowest BCUT2D eigenvalue weighted by atomic mass is 9.67. The zero-order chi connectivity index (χ0) is 14.2. The first kappa shape index (κ1) is 13.9. The Kier molecular flexibility index (Phi) is 3.74. The fourth-order valence-electron chi connectivity index (χ4n) is 4.13. The third kappa shape index (κ3) is 2.70. The van der Waals surface area contributed by atoms with Gasteiger partial charge in [-0.15, -0.1) is 0 Å². The molecular formula is C16H25NO3. The summed E-state index contributed by atoms with van der Waals surface area (Å²) in [6.45, 7) is 0.325. The minimum absolute atomic E-state index is 0.0987. The number of rotatable bonds is 4. The molecule has 4 heteroatoms. The van der Waals surface area contributed by atoms with E-state index in [9.17, 15) is 9.59 Å². The first-order valence-electron chi connectivity index (χ1n) is 8.12. The maximum atomic E-state index is 12.3. The predicted molar refractivity (Wildman–Crippen MR) is 75.1 cm³/mol. The van der Waals surface area contributed by atoms with Crippen molar-refractivity contribution in [2.45, 2.75) is 57.8 Å². The lowest BCUT2D eigenvalue weighted by Gasteiger charge is -2.38. The van der Waals surface area contributed by atoms with Crippen molar-refractivity contribution in [2.75, 3.05) is 6.54 Å². The van der Waals surface area contributed by atoms with Crippen molar-refractivity contribution in [2.24, 2.45) is 23.2 Å². The van der Waals surface area contributed by atoms with Crippen LogP contribution in [0, 0.1) is 23.2 Å². The zero-order valence-electron chi connectivity index (χ0n) is 12.1. The van der Waals surface area contributed by atoms with Crippen LogP contribution in [0.1, 0.15) is 57.8 Å². The molecule has 3 atom stereocenters. The molecule has 3 saturated carbocycles. The molecule has 0 heterocycles. The van der Waals surface area contributed by atoms with Gasteiger partial charge in [-0.1, -0.05) is 25.7 Å².